The highest BCUT2D eigenvalue weighted by Gasteiger charge is 2.23. The fraction of sp³-hybridized carbons (Fsp3) is 0.529. The highest BCUT2D eigenvalue weighted by atomic mass is 35.5. The van der Waals surface area contributed by atoms with Crippen LogP contribution in [0.4, 0.5) is 4.39 Å². The van der Waals surface area contributed by atoms with Crippen LogP contribution in [0.15, 0.2) is 18.2 Å². The Morgan fingerprint density at radius 2 is 2.09 bits per heavy atom. The molecule has 1 aliphatic rings. The Labute approximate surface area is 140 Å². The molecule has 0 unspecified atom stereocenters. The minimum Gasteiger partial charge on any atom is -0.455 e. The molecule has 1 amide bonds. The predicted molar refractivity (Wildman–Crippen MR) is 85.6 cm³/mol. The average molecular weight is 342 g/mol. The highest BCUT2D eigenvalue weighted by molar-refractivity contribution is 6.31. The number of nitrogens with one attached hydrogen (secondary N) is 1. The lowest BCUT2D eigenvalue weighted by Crippen LogP contribution is -2.43. The van der Waals surface area contributed by atoms with Gasteiger partial charge in [-0.1, -0.05) is 37.4 Å². The van der Waals surface area contributed by atoms with Crippen LogP contribution >= 0.6 is 11.6 Å². The van der Waals surface area contributed by atoms with Crippen LogP contribution in [0.2, 0.25) is 5.02 Å². The molecule has 1 aromatic carbocycles. The molecule has 4 nitrogen and oxygen atoms in total. The summed E-state index contributed by atoms with van der Waals surface area (Å²) in [4.78, 5) is 23.6. The van der Waals surface area contributed by atoms with Crippen LogP contribution in [0.5, 0.6) is 0 Å². The molecule has 0 aromatic heterocycles. The van der Waals surface area contributed by atoms with E-state index in [0.29, 0.717) is 5.92 Å². The summed E-state index contributed by atoms with van der Waals surface area (Å²) >= 11 is 5.85. The van der Waals surface area contributed by atoms with E-state index in [4.69, 9.17) is 16.3 Å². The number of benzene rings is 1. The smallest absolute Gasteiger partial charge is 0.310 e. The first kappa shape index (κ1) is 17.7. The van der Waals surface area contributed by atoms with Gasteiger partial charge in [-0.3, -0.25) is 9.59 Å². The van der Waals surface area contributed by atoms with Crippen LogP contribution in [-0.4, -0.2) is 24.5 Å². The first-order chi connectivity index (χ1) is 11.0. The van der Waals surface area contributed by atoms with E-state index in [0.717, 1.165) is 19.3 Å². The fourth-order valence-electron chi connectivity index (χ4n) is 2.82. The van der Waals surface area contributed by atoms with Gasteiger partial charge in [0.2, 0.25) is 0 Å². The number of halogens is 2. The summed E-state index contributed by atoms with van der Waals surface area (Å²) in [7, 11) is 0. The van der Waals surface area contributed by atoms with Crippen LogP contribution in [-0.2, 0) is 20.7 Å². The molecule has 1 N–H and O–H groups in total. The predicted octanol–water partition coefficient (Wildman–Crippen LogP) is 3.26. The number of esters is 1. The molecule has 0 saturated heterocycles. The van der Waals surface area contributed by atoms with Crippen LogP contribution in [0, 0.1) is 11.7 Å². The fourth-order valence-corrected chi connectivity index (χ4v) is 3.05. The van der Waals surface area contributed by atoms with E-state index >= 15 is 0 Å². The van der Waals surface area contributed by atoms with Crippen molar-refractivity contribution in [2.75, 3.05) is 6.61 Å². The number of ether oxygens (including phenoxy) is 1. The normalized spacial score (nSPS) is 20.8. The summed E-state index contributed by atoms with van der Waals surface area (Å²) in [6, 6.07) is 4.33. The highest BCUT2D eigenvalue weighted by Crippen LogP contribution is 2.23. The van der Waals surface area contributed by atoms with Gasteiger partial charge in [0.1, 0.15) is 5.82 Å². The van der Waals surface area contributed by atoms with Gasteiger partial charge in [-0.2, -0.15) is 0 Å². The molecule has 126 valence electrons. The maximum absolute atomic E-state index is 13.6. The third kappa shape index (κ3) is 5.20. The molecule has 0 bridgehead atoms. The van der Waals surface area contributed by atoms with E-state index in [1.807, 2.05) is 0 Å². The van der Waals surface area contributed by atoms with Gasteiger partial charge in [0.05, 0.1) is 6.42 Å². The molecule has 0 aliphatic heterocycles. The first-order valence-electron chi connectivity index (χ1n) is 7.85. The second kappa shape index (κ2) is 8.29. The Morgan fingerprint density at radius 3 is 2.78 bits per heavy atom. The van der Waals surface area contributed by atoms with Gasteiger partial charge in [-0.15, -0.1) is 0 Å². The van der Waals surface area contributed by atoms with Crippen molar-refractivity contribution in [3.05, 3.63) is 34.6 Å². The van der Waals surface area contributed by atoms with Gasteiger partial charge in [-0.05, 0) is 30.9 Å². The Balaban J connectivity index is 1.78. The summed E-state index contributed by atoms with van der Waals surface area (Å²) < 4.78 is 18.5. The molecule has 1 aromatic rings. The Bertz CT molecular complexity index is 559. The largest absolute Gasteiger partial charge is 0.455 e. The van der Waals surface area contributed by atoms with Crippen molar-refractivity contribution in [1.29, 1.82) is 0 Å². The zero-order valence-corrected chi connectivity index (χ0v) is 13.9. The van der Waals surface area contributed by atoms with Crippen molar-refractivity contribution < 1.29 is 18.7 Å². The molecule has 23 heavy (non-hydrogen) atoms. The number of hydrogen-bond acceptors (Lipinski definition) is 3. The molecular weight excluding hydrogens is 321 g/mol. The van der Waals surface area contributed by atoms with Crippen LogP contribution in [0.25, 0.3) is 0 Å². The standard InChI is InChI=1S/C17H21ClFNO3/c1-11-5-2-3-8-15(11)20-16(21)10-23-17(22)9-12-13(18)6-4-7-14(12)19/h4,6-7,11,15H,2-3,5,8-10H2,1H3,(H,20,21)/t11-,15-/m0/s1. The summed E-state index contributed by atoms with van der Waals surface area (Å²) in [5, 5.41) is 3.06. The van der Waals surface area contributed by atoms with Crippen molar-refractivity contribution in [1.82, 2.24) is 5.32 Å². The zero-order valence-electron chi connectivity index (χ0n) is 13.1. The number of amides is 1. The number of carbonyl (C=O) groups excluding carboxylic acids is 2. The van der Waals surface area contributed by atoms with E-state index < -0.39 is 11.8 Å². The number of rotatable bonds is 5. The molecular formula is C17H21ClFNO3. The van der Waals surface area contributed by atoms with Crippen LogP contribution in [0.1, 0.15) is 38.2 Å². The lowest BCUT2D eigenvalue weighted by molar-refractivity contribution is -0.148. The molecule has 1 fully saturated rings. The Kier molecular flexibility index (Phi) is 6.39. The lowest BCUT2D eigenvalue weighted by atomic mass is 9.86. The topological polar surface area (TPSA) is 55.4 Å². The number of carbonyl (C=O) groups is 2. The molecule has 1 aliphatic carbocycles. The van der Waals surface area contributed by atoms with Crippen molar-refractivity contribution in [2.24, 2.45) is 5.92 Å². The lowest BCUT2D eigenvalue weighted by Gasteiger charge is -2.29. The molecule has 2 rings (SSSR count). The van der Waals surface area contributed by atoms with Crippen LogP contribution in [0.3, 0.4) is 0 Å². The average Bonchev–Trinajstić information content (AvgIpc) is 2.51. The first-order valence-corrected chi connectivity index (χ1v) is 8.23. The van der Waals surface area contributed by atoms with Gasteiger partial charge < -0.3 is 10.1 Å². The van der Waals surface area contributed by atoms with E-state index in [1.54, 1.807) is 0 Å². The monoisotopic (exact) mass is 341 g/mol. The van der Waals surface area contributed by atoms with Crippen molar-refractivity contribution in [3.8, 4) is 0 Å². The Morgan fingerprint density at radius 1 is 1.35 bits per heavy atom. The molecule has 0 radical (unpaired) electrons. The van der Waals surface area contributed by atoms with Gasteiger partial charge in [0, 0.05) is 16.6 Å². The molecule has 0 heterocycles. The summed E-state index contributed by atoms with van der Waals surface area (Å²) in [6.45, 7) is 1.75. The second-order valence-corrected chi connectivity index (χ2v) is 6.38. The summed E-state index contributed by atoms with van der Waals surface area (Å²) in [5.74, 6) is -1.13. The summed E-state index contributed by atoms with van der Waals surface area (Å²) in [5.41, 5.74) is 0.0838. The minimum atomic E-state index is -0.677. The molecule has 0 spiro atoms. The van der Waals surface area contributed by atoms with Gasteiger partial charge in [0.15, 0.2) is 6.61 Å². The van der Waals surface area contributed by atoms with Gasteiger partial charge in [0.25, 0.3) is 5.91 Å². The maximum atomic E-state index is 13.6. The third-order valence-electron chi connectivity index (χ3n) is 4.20. The second-order valence-electron chi connectivity index (χ2n) is 5.97. The SMILES string of the molecule is C[C@H]1CCCC[C@@H]1NC(=O)COC(=O)Cc1c(F)cccc1Cl. The maximum Gasteiger partial charge on any atom is 0.310 e. The van der Waals surface area contributed by atoms with Crippen molar-refractivity contribution in [3.63, 3.8) is 0 Å². The summed E-state index contributed by atoms with van der Waals surface area (Å²) in [6.07, 6.45) is 4.04. The van der Waals surface area contributed by atoms with Crippen molar-refractivity contribution in [2.45, 2.75) is 45.1 Å². The van der Waals surface area contributed by atoms with E-state index in [1.165, 1.54) is 24.6 Å². The Hall–Kier alpha value is -1.62. The quantitative estimate of drug-likeness (QED) is 0.836. The molecule has 2 atom stereocenters. The van der Waals surface area contributed by atoms with Crippen LogP contribution < -0.4 is 5.32 Å². The van der Waals surface area contributed by atoms with Crippen molar-refractivity contribution >= 4 is 23.5 Å². The van der Waals surface area contributed by atoms with Gasteiger partial charge >= 0.3 is 5.97 Å². The number of hydrogen-bond donors (Lipinski definition) is 1. The van der Waals surface area contributed by atoms with E-state index in [9.17, 15) is 14.0 Å². The van der Waals surface area contributed by atoms with Gasteiger partial charge in [-0.25, -0.2) is 4.39 Å². The van der Waals surface area contributed by atoms with E-state index in [-0.39, 0.29) is 35.6 Å². The molecule has 1 saturated carbocycles. The molecule has 6 heteroatoms. The third-order valence-corrected chi connectivity index (χ3v) is 4.56. The van der Waals surface area contributed by atoms with E-state index in [2.05, 4.69) is 12.2 Å². The zero-order chi connectivity index (χ0) is 16.8. The minimum absolute atomic E-state index is 0.0838.